The smallest absolute Gasteiger partial charge is 0.292 e. The van der Waals surface area contributed by atoms with E-state index in [1.165, 1.54) is 6.26 Å². The summed E-state index contributed by atoms with van der Waals surface area (Å²) in [4.78, 5) is 24.8. The number of hydrogen-bond donors (Lipinski definition) is 2. The first-order chi connectivity index (χ1) is 12.8. The molecule has 0 atom stereocenters. The Morgan fingerprint density at radius 1 is 0.852 bits per heavy atom. The van der Waals surface area contributed by atoms with Gasteiger partial charge in [0.25, 0.3) is 11.8 Å². The molecule has 0 aliphatic carbocycles. The first-order valence-electron chi connectivity index (χ1n) is 8.70. The van der Waals surface area contributed by atoms with Crippen molar-refractivity contribution in [3.63, 3.8) is 0 Å². The maximum absolute atomic E-state index is 12.6. The van der Waals surface area contributed by atoms with Gasteiger partial charge in [-0.05, 0) is 56.7 Å². The first-order valence-corrected chi connectivity index (χ1v) is 8.70. The van der Waals surface area contributed by atoms with Gasteiger partial charge in [0.05, 0.1) is 6.26 Å². The topological polar surface area (TPSA) is 71.3 Å². The van der Waals surface area contributed by atoms with Crippen LogP contribution in [0.3, 0.4) is 0 Å². The van der Waals surface area contributed by atoms with E-state index in [-0.39, 0.29) is 23.1 Å². The van der Waals surface area contributed by atoms with Crippen LogP contribution in [-0.4, -0.2) is 17.4 Å². The normalized spacial score (nSPS) is 11.1. The number of furan rings is 1. The highest BCUT2D eigenvalue weighted by Crippen LogP contribution is 2.25. The quantitative estimate of drug-likeness (QED) is 0.705. The van der Waals surface area contributed by atoms with E-state index in [2.05, 4.69) is 10.6 Å². The van der Waals surface area contributed by atoms with Gasteiger partial charge in [-0.15, -0.1) is 0 Å². The molecular formula is C22H22N2O3. The van der Waals surface area contributed by atoms with Crippen LogP contribution in [0.15, 0.2) is 71.3 Å². The zero-order valence-corrected chi connectivity index (χ0v) is 15.6. The molecule has 1 heterocycles. The SMILES string of the molecule is CC(C)(C)NC(=O)c1ccc(NC(=O)c2occc2-c2ccccc2)cc1. The van der Waals surface area contributed by atoms with E-state index in [0.717, 1.165) is 11.1 Å². The number of benzene rings is 2. The van der Waals surface area contributed by atoms with Gasteiger partial charge in [0.15, 0.2) is 5.76 Å². The number of rotatable bonds is 4. The summed E-state index contributed by atoms with van der Waals surface area (Å²) in [5.74, 6) is -0.251. The molecule has 0 fully saturated rings. The van der Waals surface area contributed by atoms with Crippen molar-refractivity contribution >= 4 is 17.5 Å². The summed E-state index contributed by atoms with van der Waals surface area (Å²) < 4.78 is 5.39. The molecule has 0 unspecified atom stereocenters. The summed E-state index contributed by atoms with van der Waals surface area (Å²) in [5, 5.41) is 5.71. The van der Waals surface area contributed by atoms with Crippen molar-refractivity contribution in [2.45, 2.75) is 26.3 Å². The number of nitrogens with one attached hydrogen (secondary N) is 2. The molecule has 3 rings (SSSR count). The van der Waals surface area contributed by atoms with Crippen molar-refractivity contribution in [2.75, 3.05) is 5.32 Å². The van der Waals surface area contributed by atoms with Gasteiger partial charge in [-0.25, -0.2) is 0 Å². The molecule has 1 aromatic heterocycles. The summed E-state index contributed by atoms with van der Waals surface area (Å²) in [5.41, 5.74) is 2.45. The maximum atomic E-state index is 12.6. The van der Waals surface area contributed by atoms with Gasteiger partial charge in [-0.1, -0.05) is 30.3 Å². The highest BCUT2D eigenvalue weighted by molar-refractivity contribution is 6.06. The second-order valence-corrected chi connectivity index (χ2v) is 7.27. The molecule has 5 heteroatoms. The molecule has 27 heavy (non-hydrogen) atoms. The standard InChI is InChI=1S/C22H22N2O3/c1-22(2,3)24-20(25)16-9-11-17(12-10-16)23-21(26)19-18(13-14-27-19)15-7-5-4-6-8-15/h4-14H,1-3H3,(H,23,26)(H,24,25). The minimum absolute atomic E-state index is 0.155. The Labute approximate surface area is 158 Å². The predicted molar refractivity (Wildman–Crippen MR) is 106 cm³/mol. The number of amides is 2. The van der Waals surface area contributed by atoms with Crippen LogP contribution in [0, 0.1) is 0 Å². The molecule has 0 radical (unpaired) electrons. The fourth-order valence-corrected chi connectivity index (χ4v) is 2.64. The van der Waals surface area contributed by atoms with Crippen LogP contribution < -0.4 is 10.6 Å². The fraction of sp³-hybridized carbons (Fsp3) is 0.182. The zero-order chi connectivity index (χ0) is 19.4. The maximum Gasteiger partial charge on any atom is 0.292 e. The molecular weight excluding hydrogens is 340 g/mol. The lowest BCUT2D eigenvalue weighted by atomic mass is 10.1. The van der Waals surface area contributed by atoms with E-state index in [1.807, 2.05) is 51.1 Å². The Morgan fingerprint density at radius 3 is 2.15 bits per heavy atom. The minimum atomic E-state index is -0.342. The fourth-order valence-electron chi connectivity index (χ4n) is 2.64. The number of anilines is 1. The van der Waals surface area contributed by atoms with E-state index in [9.17, 15) is 9.59 Å². The molecule has 0 aliphatic heterocycles. The zero-order valence-electron chi connectivity index (χ0n) is 15.6. The van der Waals surface area contributed by atoms with Gasteiger partial charge in [0, 0.05) is 22.4 Å². The monoisotopic (exact) mass is 362 g/mol. The second-order valence-electron chi connectivity index (χ2n) is 7.27. The third kappa shape index (κ3) is 4.64. The Kier molecular flexibility index (Phi) is 5.12. The molecule has 0 saturated heterocycles. The molecule has 0 bridgehead atoms. The van der Waals surface area contributed by atoms with Crippen LogP contribution in [0.1, 0.15) is 41.7 Å². The summed E-state index contributed by atoms with van der Waals surface area (Å²) in [6, 6.07) is 18.1. The van der Waals surface area contributed by atoms with Crippen molar-refractivity contribution in [1.82, 2.24) is 5.32 Å². The Hall–Kier alpha value is -3.34. The first kappa shape index (κ1) is 18.5. The largest absolute Gasteiger partial charge is 0.459 e. The van der Waals surface area contributed by atoms with Crippen molar-refractivity contribution in [1.29, 1.82) is 0 Å². The molecule has 2 N–H and O–H groups in total. The van der Waals surface area contributed by atoms with Crippen LogP contribution in [0.25, 0.3) is 11.1 Å². The van der Waals surface area contributed by atoms with E-state index < -0.39 is 0 Å². The highest BCUT2D eigenvalue weighted by atomic mass is 16.3. The van der Waals surface area contributed by atoms with E-state index in [1.54, 1.807) is 30.3 Å². The van der Waals surface area contributed by atoms with Crippen LogP contribution in [0.2, 0.25) is 0 Å². The lowest BCUT2D eigenvalue weighted by Gasteiger charge is -2.20. The minimum Gasteiger partial charge on any atom is -0.459 e. The molecule has 5 nitrogen and oxygen atoms in total. The lowest BCUT2D eigenvalue weighted by molar-refractivity contribution is 0.0919. The van der Waals surface area contributed by atoms with Gasteiger partial charge in [0.1, 0.15) is 0 Å². The van der Waals surface area contributed by atoms with Gasteiger partial charge in [0.2, 0.25) is 0 Å². The number of hydrogen-bond acceptors (Lipinski definition) is 3. The molecule has 2 amide bonds. The van der Waals surface area contributed by atoms with E-state index in [4.69, 9.17) is 4.42 Å². The van der Waals surface area contributed by atoms with Crippen molar-refractivity contribution in [3.05, 3.63) is 78.3 Å². The van der Waals surface area contributed by atoms with Crippen LogP contribution in [-0.2, 0) is 0 Å². The van der Waals surface area contributed by atoms with Crippen LogP contribution in [0.5, 0.6) is 0 Å². The van der Waals surface area contributed by atoms with Gasteiger partial charge >= 0.3 is 0 Å². The Bertz CT molecular complexity index is 936. The number of carbonyl (C=O) groups is 2. The molecule has 0 saturated carbocycles. The van der Waals surface area contributed by atoms with Gasteiger partial charge in [-0.3, -0.25) is 9.59 Å². The summed E-state index contributed by atoms with van der Waals surface area (Å²) in [6.45, 7) is 5.77. The summed E-state index contributed by atoms with van der Waals surface area (Å²) in [6.07, 6.45) is 1.50. The molecule has 2 aromatic carbocycles. The average molecular weight is 362 g/mol. The lowest BCUT2D eigenvalue weighted by Crippen LogP contribution is -2.40. The molecule has 0 aliphatic rings. The van der Waals surface area contributed by atoms with Gasteiger partial charge < -0.3 is 15.1 Å². The van der Waals surface area contributed by atoms with Crippen molar-refractivity contribution < 1.29 is 14.0 Å². The van der Waals surface area contributed by atoms with E-state index >= 15 is 0 Å². The molecule has 138 valence electrons. The van der Waals surface area contributed by atoms with Crippen LogP contribution >= 0.6 is 0 Å². The average Bonchev–Trinajstić information content (AvgIpc) is 3.11. The summed E-state index contributed by atoms with van der Waals surface area (Å²) >= 11 is 0. The Balaban J connectivity index is 1.73. The van der Waals surface area contributed by atoms with Gasteiger partial charge in [-0.2, -0.15) is 0 Å². The van der Waals surface area contributed by atoms with Crippen molar-refractivity contribution in [3.8, 4) is 11.1 Å². The highest BCUT2D eigenvalue weighted by Gasteiger charge is 2.18. The summed E-state index contributed by atoms with van der Waals surface area (Å²) in [7, 11) is 0. The molecule has 0 spiro atoms. The van der Waals surface area contributed by atoms with Crippen LogP contribution in [0.4, 0.5) is 5.69 Å². The number of carbonyl (C=O) groups excluding carboxylic acids is 2. The van der Waals surface area contributed by atoms with Crippen molar-refractivity contribution in [2.24, 2.45) is 0 Å². The Morgan fingerprint density at radius 2 is 1.52 bits per heavy atom. The second kappa shape index (κ2) is 7.50. The third-order valence-corrected chi connectivity index (χ3v) is 3.85. The third-order valence-electron chi connectivity index (χ3n) is 3.85. The molecule has 3 aromatic rings. The predicted octanol–water partition coefficient (Wildman–Crippen LogP) is 4.73. The van der Waals surface area contributed by atoms with E-state index in [0.29, 0.717) is 11.3 Å².